The van der Waals surface area contributed by atoms with Crippen LogP contribution in [0, 0.1) is 0 Å². The maximum atomic E-state index is 12.0. The average Bonchev–Trinajstić information content (AvgIpc) is 2.72. The number of hydrogen-bond acceptors (Lipinski definition) is 5. The summed E-state index contributed by atoms with van der Waals surface area (Å²) in [5, 5.41) is 3.05. The molecule has 0 aliphatic carbocycles. The Morgan fingerprint density at radius 3 is 2.78 bits per heavy atom. The van der Waals surface area contributed by atoms with Gasteiger partial charge < -0.3 is 19.7 Å². The fourth-order valence-corrected chi connectivity index (χ4v) is 3.88. The molecule has 1 aromatic rings. The van der Waals surface area contributed by atoms with Crippen molar-refractivity contribution in [1.82, 2.24) is 10.2 Å². The molecule has 1 amide bonds. The molecule has 150 valence electrons. The Labute approximate surface area is 162 Å². The minimum absolute atomic E-state index is 0.127. The number of anilines is 1. The first-order valence-corrected chi connectivity index (χ1v) is 10.2. The summed E-state index contributed by atoms with van der Waals surface area (Å²) in [6.07, 6.45) is 4.95. The van der Waals surface area contributed by atoms with Gasteiger partial charge in [0.2, 0.25) is 5.91 Å². The van der Waals surface area contributed by atoms with Crippen molar-refractivity contribution >= 4 is 11.6 Å². The topological polar surface area (TPSA) is 54.0 Å². The molecule has 0 saturated carbocycles. The first-order valence-electron chi connectivity index (χ1n) is 10.2. The normalized spacial score (nSPS) is 21.1. The lowest BCUT2D eigenvalue weighted by molar-refractivity contribution is -0.124. The number of carbonyl (C=O) groups is 1. The van der Waals surface area contributed by atoms with Gasteiger partial charge in [0, 0.05) is 39.3 Å². The summed E-state index contributed by atoms with van der Waals surface area (Å²) in [5.41, 5.74) is 1.18. The molecule has 2 aliphatic rings. The standard InChI is InChI=1S/C21H33N3O3/c1-26-20-9-3-2-8-19(20)24-14-12-23(13-15-24)11-6-10-22-21(25)17-18-7-4-5-16-27-18/h2-3,8-9,18H,4-7,10-17H2,1H3,(H,22,25). The van der Waals surface area contributed by atoms with E-state index in [0.29, 0.717) is 6.42 Å². The van der Waals surface area contributed by atoms with Gasteiger partial charge in [-0.05, 0) is 44.4 Å². The minimum atomic E-state index is 0.127. The van der Waals surface area contributed by atoms with E-state index in [1.165, 1.54) is 12.1 Å². The fourth-order valence-electron chi connectivity index (χ4n) is 3.88. The number of nitrogens with zero attached hydrogens (tertiary/aromatic N) is 2. The molecular weight excluding hydrogens is 342 g/mol. The van der Waals surface area contributed by atoms with Crippen LogP contribution in [0.5, 0.6) is 5.75 Å². The molecule has 0 aromatic heterocycles. The van der Waals surface area contributed by atoms with Crippen molar-refractivity contribution in [1.29, 1.82) is 0 Å². The smallest absolute Gasteiger partial charge is 0.222 e. The number of para-hydroxylation sites is 2. The average molecular weight is 376 g/mol. The number of nitrogens with one attached hydrogen (secondary N) is 1. The highest BCUT2D eigenvalue weighted by Gasteiger charge is 2.20. The van der Waals surface area contributed by atoms with E-state index >= 15 is 0 Å². The van der Waals surface area contributed by atoms with E-state index < -0.39 is 0 Å². The Morgan fingerprint density at radius 2 is 2.04 bits per heavy atom. The summed E-state index contributed by atoms with van der Waals surface area (Å²) < 4.78 is 11.1. The zero-order valence-corrected chi connectivity index (χ0v) is 16.5. The van der Waals surface area contributed by atoms with Crippen LogP contribution in [0.3, 0.4) is 0 Å². The van der Waals surface area contributed by atoms with Gasteiger partial charge >= 0.3 is 0 Å². The summed E-state index contributed by atoms with van der Waals surface area (Å²) in [5.74, 6) is 1.07. The number of amides is 1. The van der Waals surface area contributed by atoms with Crippen LogP contribution >= 0.6 is 0 Å². The molecule has 1 atom stereocenters. The second-order valence-corrected chi connectivity index (χ2v) is 7.40. The molecule has 2 aliphatic heterocycles. The van der Waals surface area contributed by atoms with Gasteiger partial charge in [-0.2, -0.15) is 0 Å². The largest absolute Gasteiger partial charge is 0.495 e. The van der Waals surface area contributed by atoms with Crippen molar-refractivity contribution in [2.24, 2.45) is 0 Å². The number of carbonyl (C=O) groups excluding carboxylic acids is 1. The molecule has 6 nitrogen and oxygen atoms in total. The Morgan fingerprint density at radius 1 is 1.22 bits per heavy atom. The molecule has 27 heavy (non-hydrogen) atoms. The van der Waals surface area contributed by atoms with Crippen molar-refractivity contribution in [3.63, 3.8) is 0 Å². The van der Waals surface area contributed by atoms with E-state index in [4.69, 9.17) is 9.47 Å². The maximum absolute atomic E-state index is 12.0. The molecule has 2 saturated heterocycles. The van der Waals surface area contributed by atoms with Crippen LogP contribution in [0.15, 0.2) is 24.3 Å². The van der Waals surface area contributed by atoms with Crippen molar-refractivity contribution in [3.05, 3.63) is 24.3 Å². The van der Waals surface area contributed by atoms with Crippen molar-refractivity contribution < 1.29 is 14.3 Å². The van der Waals surface area contributed by atoms with E-state index in [2.05, 4.69) is 27.2 Å². The molecule has 1 N–H and O–H groups in total. The van der Waals surface area contributed by atoms with E-state index in [-0.39, 0.29) is 12.0 Å². The summed E-state index contributed by atoms with van der Waals surface area (Å²) in [6, 6.07) is 8.21. The van der Waals surface area contributed by atoms with Crippen molar-refractivity contribution in [3.8, 4) is 5.75 Å². The Bertz CT molecular complexity index is 582. The molecule has 0 spiro atoms. The number of piperazine rings is 1. The van der Waals surface area contributed by atoms with Gasteiger partial charge in [-0.15, -0.1) is 0 Å². The van der Waals surface area contributed by atoms with E-state index in [0.717, 1.165) is 70.9 Å². The van der Waals surface area contributed by atoms with Crippen LogP contribution in [0.2, 0.25) is 0 Å². The maximum Gasteiger partial charge on any atom is 0.222 e. The van der Waals surface area contributed by atoms with Gasteiger partial charge in [-0.1, -0.05) is 12.1 Å². The second-order valence-electron chi connectivity index (χ2n) is 7.40. The second kappa shape index (κ2) is 10.5. The lowest BCUT2D eigenvalue weighted by Gasteiger charge is -2.36. The molecule has 0 radical (unpaired) electrons. The number of ether oxygens (including phenoxy) is 2. The third kappa shape index (κ3) is 6.11. The summed E-state index contributed by atoms with van der Waals surface area (Å²) in [6.45, 7) is 6.68. The summed E-state index contributed by atoms with van der Waals surface area (Å²) in [7, 11) is 1.73. The zero-order valence-electron chi connectivity index (χ0n) is 16.5. The molecule has 1 aromatic carbocycles. The van der Waals surface area contributed by atoms with Crippen molar-refractivity contribution in [2.45, 2.75) is 38.2 Å². The SMILES string of the molecule is COc1ccccc1N1CCN(CCCNC(=O)CC2CCCCO2)CC1. The number of benzene rings is 1. The minimum Gasteiger partial charge on any atom is -0.495 e. The van der Waals surface area contributed by atoms with Gasteiger partial charge in [0.15, 0.2) is 0 Å². The van der Waals surface area contributed by atoms with Gasteiger partial charge in [0.1, 0.15) is 5.75 Å². The zero-order chi connectivity index (χ0) is 18.9. The summed E-state index contributed by atoms with van der Waals surface area (Å²) in [4.78, 5) is 16.9. The highest BCUT2D eigenvalue weighted by molar-refractivity contribution is 5.76. The molecule has 0 bridgehead atoms. The first kappa shape index (κ1) is 20.0. The van der Waals surface area contributed by atoms with Crippen LogP contribution in [0.25, 0.3) is 0 Å². The number of methoxy groups -OCH3 is 1. The predicted octanol–water partition coefficient (Wildman–Crippen LogP) is 2.28. The lowest BCUT2D eigenvalue weighted by Crippen LogP contribution is -2.47. The first-order chi connectivity index (χ1) is 13.3. The molecular formula is C21H33N3O3. The fraction of sp³-hybridized carbons (Fsp3) is 0.667. The Kier molecular flexibility index (Phi) is 7.78. The van der Waals surface area contributed by atoms with Crippen LogP contribution in [0.4, 0.5) is 5.69 Å². The van der Waals surface area contributed by atoms with Crippen LogP contribution in [-0.4, -0.2) is 69.9 Å². The number of hydrogen-bond donors (Lipinski definition) is 1. The van der Waals surface area contributed by atoms with E-state index in [1.807, 2.05) is 12.1 Å². The third-order valence-electron chi connectivity index (χ3n) is 5.46. The van der Waals surface area contributed by atoms with Crippen LogP contribution in [-0.2, 0) is 9.53 Å². The predicted molar refractivity (Wildman–Crippen MR) is 107 cm³/mol. The van der Waals surface area contributed by atoms with Gasteiger partial charge in [0.05, 0.1) is 25.3 Å². The third-order valence-corrected chi connectivity index (χ3v) is 5.46. The van der Waals surface area contributed by atoms with E-state index in [9.17, 15) is 4.79 Å². The van der Waals surface area contributed by atoms with Gasteiger partial charge in [-0.25, -0.2) is 0 Å². The van der Waals surface area contributed by atoms with E-state index in [1.54, 1.807) is 7.11 Å². The Hall–Kier alpha value is -1.79. The molecule has 1 unspecified atom stereocenters. The monoisotopic (exact) mass is 375 g/mol. The molecule has 3 rings (SSSR count). The van der Waals surface area contributed by atoms with Gasteiger partial charge in [0.25, 0.3) is 0 Å². The molecule has 6 heteroatoms. The number of rotatable bonds is 8. The van der Waals surface area contributed by atoms with Crippen LogP contribution in [0.1, 0.15) is 32.1 Å². The molecule has 2 heterocycles. The highest BCUT2D eigenvalue weighted by Crippen LogP contribution is 2.28. The van der Waals surface area contributed by atoms with Crippen LogP contribution < -0.4 is 15.0 Å². The van der Waals surface area contributed by atoms with Crippen molar-refractivity contribution in [2.75, 3.05) is 57.9 Å². The highest BCUT2D eigenvalue weighted by atomic mass is 16.5. The van der Waals surface area contributed by atoms with Gasteiger partial charge in [-0.3, -0.25) is 9.69 Å². The quantitative estimate of drug-likeness (QED) is 0.707. The molecule has 2 fully saturated rings. The lowest BCUT2D eigenvalue weighted by atomic mass is 10.1. The summed E-state index contributed by atoms with van der Waals surface area (Å²) >= 11 is 0. The Balaban J connectivity index is 1.30.